The van der Waals surface area contributed by atoms with Gasteiger partial charge >= 0.3 is 5.97 Å². The summed E-state index contributed by atoms with van der Waals surface area (Å²) in [5, 5.41) is 22.2. The van der Waals surface area contributed by atoms with Crippen LogP contribution in [0, 0.1) is 0 Å². The van der Waals surface area contributed by atoms with Crippen LogP contribution in [0.5, 0.6) is 0 Å². The Morgan fingerprint density at radius 2 is 2.16 bits per heavy atom. The number of carboxylic acids is 1. The average molecular weight is 266 g/mol. The topological polar surface area (TPSA) is 91.8 Å². The molecule has 1 atom stereocenters. The van der Waals surface area contributed by atoms with Gasteiger partial charge < -0.3 is 5.11 Å². The van der Waals surface area contributed by atoms with Gasteiger partial charge in [-0.2, -0.15) is 5.21 Å². The first-order valence-corrected chi connectivity index (χ1v) is 5.43. The van der Waals surface area contributed by atoms with Crippen LogP contribution in [0.2, 0.25) is 0 Å². The third kappa shape index (κ3) is 1.52. The minimum absolute atomic E-state index is 0.0484. The number of carbonyl (C=O) groups is 1. The Morgan fingerprint density at radius 3 is 2.68 bits per heavy atom. The highest BCUT2D eigenvalue weighted by Gasteiger charge is 2.77. The van der Waals surface area contributed by atoms with Crippen LogP contribution in [0.4, 0.5) is 8.78 Å². The summed E-state index contributed by atoms with van der Waals surface area (Å²) in [5.74, 6) is -4.52. The molecule has 0 amide bonds. The summed E-state index contributed by atoms with van der Waals surface area (Å²) >= 11 is 0. The molecule has 1 fully saturated rings. The number of carboxylic acid groups (broad SMARTS) is 1. The molecule has 0 aliphatic heterocycles. The van der Waals surface area contributed by atoms with Crippen molar-refractivity contribution in [3.63, 3.8) is 0 Å². The second kappa shape index (κ2) is 3.56. The Kier molecular flexibility index (Phi) is 2.19. The van der Waals surface area contributed by atoms with Crippen molar-refractivity contribution < 1.29 is 18.7 Å². The van der Waals surface area contributed by atoms with Gasteiger partial charge in [0.2, 0.25) is 5.82 Å². The fourth-order valence-corrected chi connectivity index (χ4v) is 2.17. The maximum Gasteiger partial charge on any atom is 0.320 e. The first kappa shape index (κ1) is 11.7. The number of aromatic nitrogens is 4. The Morgan fingerprint density at radius 1 is 1.42 bits per heavy atom. The zero-order valence-electron chi connectivity index (χ0n) is 9.47. The van der Waals surface area contributed by atoms with Gasteiger partial charge in [-0.25, -0.2) is 8.78 Å². The largest absolute Gasteiger partial charge is 0.480 e. The fraction of sp³-hybridized carbons (Fsp3) is 0.273. The molecule has 6 nitrogen and oxygen atoms in total. The predicted octanol–water partition coefficient (Wildman–Crippen LogP) is 1.23. The standard InChI is InChI=1S/C11H8F2N4O2/c12-11(13)5-10(11,9(18)19)7-3-1-2-6(4-7)8-14-16-17-15-8/h1-4H,5H2,(H,18,19)(H,14,15,16,17). The maximum absolute atomic E-state index is 13.4. The van der Waals surface area contributed by atoms with Crippen molar-refractivity contribution in [1.29, 1.82) is 0 Å². The van der Waals surface area contributed by atoms with Crippen LogP contribution < -0.4 is 0 Å². The third-order valence-corrected chi connectivity index (χ3v) is 3.31. The number of H-pyrrole nitrogens is 1. The number of halogens is 2. The summed E-state index contributed by atoms with van der Waals surface area (Å²) in [4.78, 5) is 11.2. The number of hydrogen-bond acceptors (Lipinski definition) is 4. The Labute approximate surface area is 105 Å². The molecule has 0 saturated heterocycles. The van der Waals surface area contributed by atoms with E-state index < -0.39 is 23.7 Å². The summed E-state index contributed by atoms with van der Waals surface area (Å²) in [6.45, 7) is 0. The zero-order chi connectivity index (χ0) is 13.7. The molecule has 2 N–H and O–H groups in total. The number of tetrazole rings is 1. The third-order valence-electron chi connectivity index (χ3n) is 3.31. The van der Waals surface area contributed by atoms with E-state index in [2.05, 4.69) is 20.6 Å². The molecule has 3 rings (SSSR count). The van der Waals surface area contributed by atoms with Crippen LogP contribution in [0.1, 0.15) is 12.0 Å². The van der Waals surface area contributed by atoms with E-state index in [1.807, 2.05) is 0 Å². The molecule has 1 aliphatic rings. The van der Waals surface area contributed by atoms with Gasteiger partial charge in [-0.05, 0) is 16.8 Å². The number of hydrogen-bond donors (Lipinski definition) is 2. The van der Waals surface area contributed by atoms with E-state index in [0.717, 1.165) is 0 Å². The highest BCUT2D eigenvalue weighted by Crippen LogP contribution is 2.61. The Balaban J connectivity index is 2.08. The fourth-order valence-electron chi connectivity index (χ4n) is 2.17. The van der Waals surface area contributed by atoms with Crippen LogP contribution in [0.15, 0.2) is 24.3 Å². The van der Waals surface area contributed by atoms with E-state index >= 15 is 0 Å². The van der Waals surface area contributed by atoms with Crippen molar-refractivity contribution in [1.82, 2.24) is 20.6 Å². The van der Waals surface area contributed by atoms with Crippen molar-refractivity contribution >= 4 is 5.97 Å². The lowest BCUT2D eigenvalue weighted by Gasteiger charge is -2.12. The number of nitrogens with one attached hydrogen (secondary N) is 1. The normalized spacial score (nSPS) is 24.1. The molecule has 1 aromatic heterocycles. The molecule has 8 heteroatoms. The maximum atomic E-state index is 13.4. The summed E-state index contributed by atoms with van der Waals surface area (Å²) < 4.78 is 26.9. The number of rotatable bonds is 3. The molecular formula is C11H8F2N4O2. The number of aliphatic carboxylic acids is 1. The molecule has 1 saturated carbocycles. The molecule has 98 valence electrons. The van der Waals surface area contributed by atoms with Crippen molar-refractivity contribution in [3.8, 4) is 11.4 Å². The smallest absolute Gasteiger partial charge is 0.320 e. The van der Waals surface area contributed by atoms with Gasteiger partial charge in [0.05, 0.1) is 0 Å². The number of alkyl halides is 2. The second-order valence-electron chi connectivity index (χ2n) is 4.41. The minimum Gasteiger partial charge on any atom is -0.480 e. The van der Waals surface area contributed by atoms with Crippen molar-refractivity contribution in [2.24, 2.45) is 0 Å². The highest BCUT2D eigenvalue weighted by atomic mass is 19.3. The van der Waals surface area contributed by atoms with E-state index in [-0.39, 0.29) is 11.4 Å². The van der Waals surface area contributed by atoms with Crippen LogP contribution in [-0.2, 0) is 10.2 Å². The summed E-state index contributed by atoms with van der Waals surface area (Å²) in [6, 6.07) is 5.84. The molecule has 19 heavy (non-hydrogen) atoms. The Bertz CT molecular complexity index is 644. The quantitative estimate of drug-likeness (QED) is 0.871. The predicted molar refractivity (Wildman–Crippen MR) is 58.5 cm³/mol. The first-order chi connectivity index (χ1) is 8.97. The van der Waals surface area contributed by atoms with E-state index in [1.54, 1.807) is 6.07 Å². The SMILES string of the molecule is O=C(O)C1(c2cccc(-c3nn[nH]n3)c2)CC1(F)F. The van der Waals surface area contributed by atoms with Gasteiger partial charge in [-0.1, -0.05) is 18.2 Å². The van der Waals surface area contributed by atoms with Crippen molar-refractivity contribution in [3.05, 3.63) is 29.8 Å². The minimum atomic E-state index is -3.23. The number of benzene rings is 1. The van der Waals surface area contributed by atoms with E-state index in [1.165, 1.54) is 18.2 Å². The molecule has 1 aromatic carbocycles. The number of nitrogens with zero attached hydrogens (tertiary/aromatic N) is 3. The molecule has 0 bridgehead atoms. The molecule has 1 aliphatic carbocycles. The van der Waals surface area contributed by atoms with Gasteiger partial charge in [0.15, 0.2) is 5.41 Å². The van der Waals surface area contributed by atoms with Gasteiger partial charge in [0.1, 0.15) is 0 Å². The molecule has 2 aromatic rings. The van der Waals surface area contributed by atoms with Crippen molar-refractivity contribution in [2.45, 2.75) is 17.8 Å². The Hall–Kier alpha value is -2.38. The lowest BCUT2D eigenvalue weighted by Crippen LogP contribution is -2.27. The summed E-state index contributed by atoms with van der Waals surface area (Å²) in [5.41, 5.74) is -1.64. The van der Waals surface area contributed by atoms with Crippen molar-refractivity contribution in [2.75, 3.05) is 0 Å². The zero-order valence-corrected chi connectivity index (χ0v) is 9.47. The monoisotopic (exact) mass is 266 g/mol. The van der Waals surface area contributed by atoms with Crippen LogP contribution in [0.3, 0.4) is 0 Å². The van der Waals surface area contributed by atoms with Gasteiger partial charge in [-0.3, -0.25) is 4.79 Å². The molecule has 1 unspecified atom stereocenters. The van der Waals surface area contributed by atoms with Gasteiger partial charge in [0, 0.05) is 12.0 Å². The van der Waals surface area contributed by atoms with Crippen LogP contribution >= 0.6 is 0 Å². The molecule has 0 radical (unpaired) electrons. The highest BCUT2D eigenvalue weighted by molar-refractivity contribution is 5.88. The molecule has 1 heterocycles. The van der Waals surface area contributed by atoms with E-state index in [4.69, 9.17) is 5.11 Å². The van der Waals surface area contributed by atoms with E-state index in [0.29, 0.717) is 5.56 Å². The second-order valence-corrected chi connectivity index (χ2v) is 4.41. The average Bonchev–Trinajstić information content (AvgIpc) is 2.79. The van der Waals surface area contributed by atoms with Gasteiger partial charge in [0.25, 0.3) is 5.92 Å². The van der Waals surface area contributed by atoms with E-state index in [9.17, 15) is 13.6 Å². The van der Waals surface area contributed by atoms with Crippen LogP contribution in [0.25, 0.3) is 11.4 Å². The summed E-state index contributed by atoms with van der Waals surface area (Å²) in [6.07, 6.45) is -0.689. The molecule has 0 spiro atoms. The number of aromatic amines is 1. The van der Waals surface area contributed by atoms with Gasteiger partial charge in [-0.15, -0.1) is 10.2 Å². The lowest BCUT2D eigenvalue weighted by molar-refractivity contribution is -0.142. The lowest BCUT2D eigenvalue weighted by atomic mass is 9.93. The first-order valence-electron chi connectivity index (χ1n) is 5.43. The summed E-state index contributed by atoms with van der Waals surface area (Å²) in [7, 11) is 0. The van der Waals surface area contributed by atoms with Crippen LogP contribution in [-0.4, -0.2) is 37.6 Å². The molecular weight excluding hydrogens is 258 g/mol.